The molecule has 0 aliphatic rings. The Labute approximate surface area is 360 Å². The largest absolute Gasteiger partial charge is 0.499 e. The SMILES string of the molecule is CC(C)c1cc(-c2ccccc2)cc(C(C)C)c1-n1c(-c2[c-]ccc3c2oc2c(C#N)c(C(C)(C)C)ccc23)nc2ccccc21.[Ir].[c-]1ccccc1-c1ccccn1. The Bertz CT molecular complexity index is 2870. The maximum atomic E-state index is 10.3. The Balaban J connectivity index is 0.000000347. The zero-order chi connectivity index (χ0) is 40.6. The van der Waals surface area contributed by atoms with Gasteiger partial charge in [0.1, 0.15) is 11.7 Å². The molecule has 9 rings (SSSR count). The van der Waals surface area contributed by atoms with Gasteiger partial charge < -0.3 is 14.0 Å². The number of furan rings is 1. The van der Waals surface area contributed by atoms with Gasteiger partial charge in [-0.15, -0.1) is 54.1 Å². The van der Waals surface area contributed by atoms with E-state index in [0.29, 0.717) is 16.7 Å². The number of nitrogens with zero attached hydrogens (tertiary/aromatic N) is 4. The average Bonchev–Trinajstić information content (AvgIpc) is 3.82. The van der Waals surface area contributed by atoms with Gasteiger partial charge in [-0.1, -0.05) is 126 Å². The quantitative estimate of drug-likeness (QED) is 0.156. The van der Waals surface area contributed by atoms with Gasteiger partial charge in [0.05, 0.1) is 28.0 Å². The predicted octanol–water partition coefficient (Wildman–Crippen LogP) is 14.0. The van der Waals surface area contributed by atoms with Crippen LogP contribution in [0.5, 0.6) is 0 Å². The van der Waals surface area contributed by atoms with Crippen molar-refractivity contribution in [3.05, 3.63) is 174 Å². The minimum Gasteiger partial charge on any atom is -0.499 e. The molecule has 0 atom stereocenters. The van der Waals surface area contributed by atoms with E-state index >= 15 is 0 Å². The van der Waals surface area contributed by atoms with Crippen LogP contribution >= 0.6 is 0 Å². The van der Waals surface area contributed by atoms with Crippen LogP contribution < -0.4 is 0 Å². The number of aromatic nitrogens is 3. The maximum Gasteiger partial charge on any atom is 0.139 e. The van der Waals surface area contributed by atoms with E-state index in [-0.39, 0.29) is 37.4 Å². The summed E-state index contributed by atoms with van der Waals surface area (Å²) in [5.41, 5.74) is 13.5. The summed E-state index contributed by atoms with van der Waals surface area (Å²) in [5.74, 6) is 1.28. The van der Waals surface area contributed by atoms with Crippen molar-refractivity contribution in [3.8, 4) is 45.5 Å². The summed E-state index contributed by atoms with van der Waals surface area (Å²) in [6, 6.07) is 54.6. The van der Waals surface area contributed by atoms with E-state index in [1.807, 2.05) is 60.7 Å². The predicted molar refractivity (Wildman–Crippen MR) is 238 cm³/mol. The van der Waals surface area contributed by atoms with E-state index in [2.05, 4.69) is 149 Å². The molecular weight excluding hydrogens is 901 g/mol. The first-order chi connectivity index (χ1) is 28.0. The molecule has 295 valence electrons. The first-order valence-corrected chi connectivity index (χ1v) is 19.9. The molecule has 3 heterocycles. The first kappa shape index (κ1) is 41.1. The molecule has 5 nitrogen and oxygen atoms in total. The minimum atomic E-state index is -0.201. The Morgan fingerprint density at radius 3 is 2.02 bits per heavy atom. The number of hydrogen-bond donors (Lipinski definition) is 0. The van der Waals surface area contributed by atoms with Crippen LogP contribution in [0.4, 0.5) is 0 Å². The summed E-state index contributed by atoms with van der Waals surface area (Å²) in [6.07, 6.45) is 1.79. The standard InChI is InChI=1S/C42H38N3O.C11H8N.Ir/c1-25(2)32-22-28(27-14-9-8-10-15-27)23-33(26(3)4)38(32)45-37-19-12-11-18-36(37)44-41(45)31-17-13-16-29-30-20-21-35(42(5,6)7)34(24-43)40(30)46-39(29)31;1-2-6-10(7-3-1)11-8-4-5-9-12-11;/h8-16,18-23,25-26H,1-7H3;1-6,8-9H;/q2*-1;. The number of nitriles is 1. The number of rotatable bonds is 6. The Morgan fingerprint density at radius 1 is 0.695 bits per heavy atom. The Kier molecular flexibility index (Phi) is 11.8. The molecule has 0 saturated carbocycles. The van der Waals surface area contributed by atoms with Gasteiger partial charge in [0.2, 0.25) is 0 Å². The maximum absolute atomic E-state index is 10.3. The van der Waals surface area contributed by atoms with Gasteiger partial charge in [0, 0.05) is 37.4 Å². The summed E-state index contributed by atoms with van der Waals surface area (Å²) in [7, 11) is 0. The molecule has 59 heavy (non-hydrogen) atoms. The van der Waals surface area contributed by atoms with E-state index in [1.54, 1.807) is 6.20 Å². The minimum absolute atomic E-state index is 0. The molecular formula is C53H46IrN4O-2. The fourth-order valence-electron chi connectivity index (χ4n) is 7.82. The van der Waals surface area contributed by atoms with Crippen LogP contribution in [0.1, 0.15) is 82.6 Å². The van der Waals surface area contributed by atoms with Crippen molar-refractivity contribution in [1.82, 2.24) is 14.5 Å². The monoisotopic (exact) mass is 947 g/mol. The molecule has 6 heteroatoms. The fourth-order valence-corrected chi connectivity index (χ4v) is 7.82. The molecule has 9 aromatic rings. The third kappa shape index (κ3) is 7.89. The van der Waals surface area contributed by atoms with Crippen LogP contribution in [0, 0.1) is 23.5 Å². The molecule has 1 radical (unpaired) electrons. The number of benzene rings is 6. The first-order valence-electron chi connectivity index (χ1n) is 19.9. The molecule has 0 fully saturated rings. The summed E-state index contributed by atoms with van der Waals surface area (Å²) >= 11 is 0. The van der Waals surface area contributed by atoms with Crippen LogP contribution in [-0.2, 0) is 25.5 Å². The van der Waals surface area contributed by atoms with Gasteiger partial charge in [-0.25, -0.2) is 0 Å². The van der Waals surface area contributed by atoms with Crippen LogP contribution in [0.3, 0.4) is 0 Å². The van der Waals surface area contributed by atoms with Crippen LogP contribution in [0.25, 0.3) is 72.4 Å². The zero-order valence-corrected chi connectivity index (χ0v) is 36.9. The van der Waals surface area contributed by atoms with E-state index < -0.39 is 0 Å². The molecule has 6 aromatic carbocycles. The van der Waals surface area contributed by atoms with Crippen molar-refractivity contribution >= 4 is 33.0 Å². The molecule has 0 aliphatic heterocycles. The summed E-state index contributed by atoms with van der Waals surface area (Å²) < 4.78 is 9.03. The zero-order valence-electron chi connectivity index (χ0n) is 34.5. The van der Waals surface area contributed by atoms with E-state index in [0.717, 1.165) is 55.7 Å². The van der Waals surface area contributed by atoms with Gasteiger partial charge in [-0.3, -0.25) is 4.98 Å². The second-order valence-electron chi connectivity index (χ2n) is 16.4. The summed E-state index contributed by atoms with van der Waals surface area (Å²) in [4.78, 5) is 9.48. The van der Waals surface area contributed by atoms with E-state index in [1.165, 1.54) is 22.3 Å². The van der Waals surface area contributed by atoms with Gasteiger partial charge >= 0.3 is 0 Å². The molecule has 0 unspecified atom stereocenters. The van der Waals surface area contributed by atoms with E-state index in [9.17, 15) is 5.26 Å². The molecule has 0 amide bonds. The topological polar surface area (TPSA) is 67.6 Å². The fraction of sp³-hybridized carbons (Fsp3) is 0.189. The van der Waals surface area contributed by atoms with Crippen molar-refractivity contribution in [1.29, 1.82) is 5.26 Å². The summed E-state index contributed by atoms with van der Waals surface area (Å²) in [6.45, 7) is 15.4. The van der Waals surface area contributed by atoms with Gasteiger partial charge in [-0.05, 0) is 81.1 Å². The van der Waals surface area contributed by atoms with Crippen LogP contribution in [0.15, 0.2) is 144 Å². The average molecular weight is 947 g/mol. The van der Waals surface area contributed by atoms with Crippen LogP contribution in [-0.4, -0.2) is 14.5 Å². The molecule has 0 aliphatic carbocycles. The molecule has 0 N–H and O–H groups in total. The van der Waals surface area contributed by atoms with Crippen molar-refractivity contribution in [3.63, 3.8) is 0 Å². The third-order valence-corrected chi connectivity index (χ3v) is 10.7. The second-order valence-corrected chi connectivity index (χ2v) is 16.4. The normalized spacial score (nSPS) is 11.5. The van der Waals surface area contributed by atoms with Crippen molar-refractivity contribution < 1.29 is 24.5 Å². The number of pyridine rings is 1. The number of para-hydroxylation sites is 2. The smallest absolute Gasteiger partial charge is 0.139 e. The van der Waals surface area contributed by atoms with Crippen molar-refractivity contribution in [2.75, 3.05) is 0 Å². The molecule has 3 aromatic heterocycles. The number of hydrogen-bond acceptors (Lipinski definition) is 4. The number of fused-ring (bicyclic) bond motifs is 4. The van der Waals surface area contributed by atoms with Crippen molar-refractivity contribution in [2.24, 2.45) is 0 Å². The Morgan fingerprint density at radius 2 is 1.37 bits per heavy atom. The third-order valence-electron chi connectivity index (χ3n) is 10.7. The van der Waals surface area contributed by atoms with Crippen molar-refractivity contribution in [2.45, 2.75) is 65.7 Å². The molecule has 0 saturated heterocycles. The van der Waals surface area contributed by atoms with E-state index in [4.69, 9.17) is 9.40 Å². The second kappa shape index (κ2) is 17.0. The van der Waals surface area contributed by atoms with Crippen LogP contribution in [0.2, 0.25) is 0 Å². The Hall–Kier alpha value is -6.12. The van der Waals surface area contributed by atoms with Gasteiger partial charge in [0.25, 0.3) is 0 Å². The summed E-state index contributed by atoms with van der Waals surface area (Å²) in [5, 5.41) is 12.2. The van der Waals surface area contributed by atoms with Gasteiger partial charge in [-0.2, -0.15) is 5.26 Å². The molecule has 0 spiro atoms. The number of imidazole rings is 1. The molecule has 0 bridgehead atoms. The van der Waals surface area contributed by atoms with Gasteiger partial charge in [0.15, 0.2) is 0 Å².